The number of piperidine rings is 1. The average molecular weight is 460 g/mol. The van der Waals surface area contributed by atoms with Gasteiger partial charge in [-0.25, -0.2) is 9.80 Å². The maximum atomic E-state index is 12.9. The molecule has 9 heteroatoms. The first-order valence-corrected chi connectivity index (χ1v) is 12.0. The molecule has 1 aromatic carbocycles. The van der Waals surface area contributed by atoms with Gasteiger partial charge in [0.1, 0.15) is 17.4 Å². The third-order valence-corrected chi connectivity index (χ3v) is 6.62. The number of nitrogens with one attached hydrogen (secondary N) is 2. The van der Waals surface area contributed by atoms with Crippen molar-refractivity contribution in [2.24, 2.45) is 5.73 Å². The minimum atomic E-state index is -0.695. The molecule has 1 fully saturated rings. The van der Waals surface area contributed by atoms with Crippen molar-refractivity contribution >= 4 is 28.3 Å². The van der Waals surface area contributed by atoms with Gasteiger partial charge in [-0.15, -0.1) is 11.3 Å². The standard InChI is InChI=1S/C23H33N5O3S/c1-3-27(4-2)13-14-31-18-10-8-9-17(15-18)20-16-19(22(32-20)25-23(24)30)21(29)26-28-11-6-5-7-12-28/h8-10,15-16H,3-7,11-14H2,1-2H3,(H,26,29)(H3,24,25,30). The number of urea groups is 1. The second-order valence-electron chi connectivity index (χ2n) is 7.73. The van der Waals surface area contributed by atoms with E-state index in [1.54, 1.807) is 6.07 Å². The molecule has 3 amide bonds. The lowest BCUT2D eigenvalue weighted by atomic mass is 10.1. The van der Waals surface area contributed by atoms with Crippen LogP contribution in [0.3, 0.4) is 0 Å². The van der Waals surface area contributed by atoms with Crippen molar-refractivity contribution in [3.63, 3.8) is 0 Å². The van der Waals surface area contributed by atoms with Crippen LogP contribution < -0.4 is 21.2 Å². The molecule has 2 aromatic rings. The zero-order valence-electron chi connectivity index (χ0n) is 18.9. The lowest BCUT2D eigenvalue weighted by Gasteiger charge is -2.26. The van der Waals surface area contributed by atoms with Crippen LogP contribution in [-0.2, 0) is 0 Å². The number of nitrogens with two attached hydrogens (primary N) is 1. The summed E-state index contributed by atoms with van der Waals surface area (Å²) in [7, 11) is 0. The highest BCUT2D eigenvalue weighted by Gasteiger charge is 2.21. The highest BCUT2D eigenvalue weighted by Crippen LogP contribution is 2.36. The number of thiophene rings is 1. The molecule has 174 valence electrons. The molecule has 0 aliphatic carbocycles. The van der Waals surface area contributed by atoms with Crippen LogP contribution in [0.15, 0.2) is 30.3 Å². The Kier molecular flexibility index (Phi) is 8.90. The number of rotatable bonds is 10. The number of benzene rings is 1. The Morgan fingerprint density at radius 3 is 2.59 bits per heavy atom. The van der Waals surface area contributed by atoms with Gasteiger partial charge in [0.25, 0.3) is 5.91 Å². The van der Waals surface area contributed by atoms with E-state index < -0.39 is 6.03 Å². The van der Waals surface area contributed by atoms with Crippen LogP contribution in [0, 0.1) is 0 Å². The van der Waals surface area contributed by atoms with Crippen molar-refractivity contribution in [1.29, 1.82) is 0 Å². The van der Waals surface area contributed by atoms with Crippen LogP contribution in [0.25, 0.3) is 10.4 Å². The Balaban J connectivity index is 1.75. The van der Waals surface area contributed by atoms with E-state index >= 15 is 0 Å². The summed E-state index contributed by atoms with van der Waals surface area (Å²) in [5.41, 5.74) is 9.62. The summed E-state index contributed by atoms with van der Waals surface area (Å²) < 4.78 is 5.94. The van der Waals surface area contributed by atoms with Gasteiger partial charge in [-0.3, -0.25) is 15.5 Å². The van der Waals surface area contributed by atoms with Crippen LogP contribution >= 0.6 is 11.3 Å². The minimum Gasteiger partial charge on any atom is -0.492 e. The predicted octanol–water partition coefficient (Wildman–Crippen LogP) is 3.76. The third-order valence-electron chi connectivity index (χ3n) is 5.52. The molecule has 0 spiro atoms. The fourth-order valence-electron chi connectivity index (χ4n) is 3.69. The van der Waals surface area contributed by atoms with Gasteiger partial charge in [-0.2, -0.15) is 0 Å². The van der Waals surface area contributed by atoms with E-state index in [9.17, 15) is 9.59 Å². The zero-order valence-corrected chi connectivity index (χ0v) is 19.7. The maximum absolute atomic E-state index is 12.9. The normalized spacial score (nSPS) is 14.3. The average Bonchev–Trinajstić information content (AvgIpc) is 3.21. The number of likely N-dealkylation sites (N-methyl/N-ethyl adjacent to an activating group) is 1. The summed E-state index contributed by atoms with van der Waals surface area (Å²) >= 11 is 1.32. The molecule has 4 N–H and O–H groups in total. The van der Waals surface area contributed by atoms with E-state index in [0.717, 1.165) is 61.8 Å². The second-order valence-corrected chi connectivity index (χ2v) is 8.79. The van der Waals surface area contributed by atoms with E-state index in [0.29, 0.717) is 17.2 Å². The van der Waals surface area contributed by atoms with Crippen molar-refractivity contribution in [1.82, 2.24) is 15.3 Å². The van der Waals surface area contributed by atoms with Crippen molar-refractivity contribution in [3.05, 3.63) is 35.9 Å². The lowest BCUT2D eigenvalue weighted by molar-refractivity contribution is 0.0751. The summed E-state index contributed by atoms with van der Waals surface area (Å²) in [6.45, 7) is 9.38. The number of carbonyl (C=O) groups is 2. The van der Waals surface area contributed by atoms with E-state index in [-0.39, 0.29) is 5.91 Å². The lowest BCUT2D eigenvalue weighted by Crippen LogP contribution is -2.45. The molecule has 3 rings (SSSR count). The zero-order chi connectivity index (χ0) is 22.9. The molecule has 0 bridgehead atoms. The van der Waals surface area contributed by atoms with Crippen LogP contribution in [0.5, 0.6) is 5.75 Å². The molecule has 1 aliphatic rings. The number of carbonyl (C=O) groups excluding carboxylic acids is 2. The summed E-state index contributed by atoms with van der Waals surface area (Å²) in [4.78, 5) is 27.6. The SMILES string of the molecule is CCN(CC)CCOc1cccc(-c2cc(C(=O)NN3CCCCC3)c(NC(N)=O)s2)c1. The fourth-order valence-corrected chi connectivity index (χ4v) is 4.74. The van der Waals surface area contributed by atoms with Crippen LogP contribution in [0.2, 0.25) is 0 Å². The van der Waals surface area contributed by atoms with Gasteiger partial charge < -0.3 is 15.4 Å². The first kappa shape index (κ1) is 24.0. The highest BCUT2D eigenvalue weighted by atomic mass is 32.1. The topological polar surface area (TPSA) is 99.9 Å². The number of hydrogen-bond acceptors (Lipinski definition) is 6. The second kappa shape index (κ2) is 11.8. The van der Waals surface area contributed by atoms with Gasteiger partial charge in [0.05, 0.1) is 5.56 Å². The van der Waals surface area contributed by atoms with Crippen LogP contribution in [-0.4, -0.2) is 61.2 Å². The van der Waals surface area contributed by atoms with Crippen LogP contribution in [0.4, 0.5) is 9.80 Å². The summed E-state index contributed by atoms with van der Waals surface area (Å²) in [5, 5.41) is 4.97. The molecule has 8 nitrogen and oxygen atoms in total. The molecule has 0 radical (unpaired) electrons. The third kappa shape index (κ3) is 6.69. The molecule has 0 saturated carbocycles. The molecule has 1 saturated heterocycles. The number of hydrogen-bond donors (Lipinski definition) is 3. The quantitative estimate of drug-likeness (QED) is 0.502. The van der Waals surface area contributed by atoms with E-state index in [2.05, 4.69) is 29.5 Å². The Hall–Kier alpha value is -2.62. The number of ether oxygens (including phenoxy) is 1. The van der Waals surface area contributed by atoms with Crippen molar-refractivity contribution in [3.8, 4) is 16.2 Å². The monoisotopic (exact) mass is 459 g/mol. The number of anilines is 1. The van der Waals surface area contributed by atoms with Crippen molar-refractivity contribution in [2.45, 2.75) is 33.1 Å². The molecule has 0 atom stereocenters. The number of primary amides is 1. The van der Waals surface area contributed by atoms with E-state index in [4.69, 9.17) is 10.5 Å². The van der Waals surface area contributed by atoms with Gasteiger partial charge >= 0.3 is 6.03 Å². The Bertz CT molecular complexity index is 907. The number of hydrazine groups is 1. The first-order chi connectivity index (χ1) is 15.5. The summed E-state index contributed by atoms with van der Waals surface area (Å²) in [6.07, 6.45) is 3.29. The van der Waals surface area contributed by atoms with Gasteiger partial charge in [0, 0.05) is 24.5 Å². The summed E-state index contributed by atoms with van der Waals surface area (Å²) in [5.74, 6) is 0.525. The van der Waals surface area contributed by atoms with Crippen LogP contribution in [0.1, 0.15) is 43.5 Å². The highest BCUT2D eigenvalue weighted by molar-refractivity contribution is 7.20. The molecular weight excluding hydrogens is 426 g/mol. The van der Waals surface area contributed by atoms with Gasteiger partial charge in [0.15, 0.2) is 0 Å². The molecule has 32 heavy (non-hydrogen) atoms. The maximum Gasteiger partial charge on any atom is 0.317 e. The van der Waals surface area contributed by atoms with Crippen molar-refractivity contribution < 1.29 is 14.3 Å². The van der Waals surface area contributed by atoms with Gasteiger partial charge in [-0.05, 0) is 49.7 Å². The van der Waals surface area contributed by atoms with Crippen molar-refractivity contribution in [2.75, 3.05) is 44.6 Å². The molecule has 2 heterocycles. The van der Waals surface area contributed by atoms with Gasteiger partial charge in [-0.1, -0.05) is 32.4 Å². The predicted molar refractivity (Wildman–Crippen MR) is 129 cm³/mol. The Morgan fingerprint density at radius 2 is 1.91 bits per heavy atom. The van der Waals surface area contributed by atoms with Gasteiger partial charge in [0.2, 0.25) is 0 Å². The summed E-state index contributed by atoms with van der Waals surface area (Å²) in [6, 6.07) is 8.86. The largest absolute Gasteiger partial charge is 0.492 e. The Labute approximate surface area is 193 Å². The molecule has 1 aromatic heterocycles. The minimum absolute atomic E-state index is 0.246. The Morgan fingerprint density at radius 1 is 1.16 bits per heavy atom. The molecule has 1 aliphatic heterocycles. The van der Waals surface area contributed by atoms with E-state index in [1.165, 1.54) is 17.8 Å². The number of amides is 3. The molecule has 0 unspecified atom stereocenters. The smallest absolute Gasteiger partial charge is 0.317 e. The fraction of sp³-hybridized carbons (Fsp3) is 0.478. The first-order valence-electron chi connectivity index (χ1n) is 11.2. The van der Waals surface area contributed by atoms with E-state index in [1.807, 2.05) is 29.3 Å². The number of nitrogens with zero attached hydrogens (tertiary/aromatic N) is 2. The molecular formula is C23H33N5O3S.